The summed E-state index contributed by atoms with van der Waals surface area (Å²) in [6.07, 6.45) is 0. The highest BCUT2D eigenvalue weighted by molar-refractivity contribution is 7.99. The van der Waals surface area contributed by atoms with Crippen molar-refractivity contribution in [1.82, 2.24) is 9.55 Å². The Kier molecular flexibility index (Phi) is 6.06. The smallest absolute Gasteiger partial charge is 0.262 e. The number of fused-ring (bicyclic) bond motifs is 1. The molecule has 3 rings (SSSR count). The number of aromatic nitrogens is 2. The maximum absolute atomic E-state index is 13.1. The van der Waals surface area contributed by atoms with Crippen molar-refractivity contribution >= 4 is 22.7 Å². The van der Waals surface area contributed by atoms with Gasteiger partial charge in [0.25, 0.3) is 5.56 Å². The number of thioether (sulfide) groups is 1. The molecule has 0 radical (unpaired) electrons. The largest absolute Gasteiger partial charge is 0.493 e. The zero-order chi connectivity index (χ0) is 19.4. The lowest BCUT2D eigenvalue weighted by atomic mass is 10.2. The lowest BCUT2D eigenvalue weighted by molar-refractivity contribution is 0.354. The minimum Gasteiger partial charge on any atom is -0.493 e. The van der Waals surface area contributed by atoms with Crippen LogP contribution in [0.5, 0.6) is 11.5 Å². The van der Waals surface area contributed by atoms with Gasteiger partial charge in [0.05, 0.1) is 31.7 Å². The number of benzene rings is 2. The molecule has 0 fully saturated rings. The van der Waals surface area contributed by atoms with Crippen molar-refractivity contribution in [1.29, 1.82) is 0 Å². The van der Waals surface area contributed by atoms with Gasteiger partial charge in [-0.2, -0.15) is 0 Å². The van der Waals surface area contributed by atoms with Gasteiger partial charge in [-0.15, -0.1) is 0 Å². The third-order valence-electron chi connectivity index (χ3n) is 4.16. The van der Waals surface area contributed by atoms with Crippen molar-refractivity contribution in [3.05, 3.63) is 58.4 Å². The standard InChI is InChI=1S/C21H24N2O3S/c1-14(2)13-27-21-22-17-8-6-5-7-16(17)20(24)23(21)12-15-9-10-18(25-3)19(11-15)26-4/h5-11,14H,12-13H2,1-4H3. The summed E-state index contributed by atoms with van der Waals surface area (Å²) in [6, 6.07) is 13.2. The molecule has 6 heteroatoms. The summed E-state index contributed by atoms with van der Waals surface area (Å²) in [5.41, 5.74) is 1.66. The third kappa shape index (κ3) is 4.27. The maximum atomic E-state index is 13.1. The van der Waals surface area contributed by atoms with Gasteiger partial charge in [-0.05, 0) is 35.7 Å². The predicted molar refractivity (Wildman–Crippen MR) is 110 cm³/mol. The third-order valence-corrected chi connectivity index (χ3v) is 5.56. The molecule has 0 saturated carbocycles. The van der Waals surface area contributed by atoms with E-state index in [1.54, 1.807) is 30.5 Å². The molecule has 0 N–H and O–H groups in total. The number of hydrogen-bond acceptors (Lipinski definition) is 5. The second-order valence-electron chi connectivity index (χ2n) is 6.70. The molecule has 0 bridgehead atoms. The topological polar surface area (TPSA) is 53.4 Å². The van der Waals surface area contributed by atoms with Gasteiger partial charge in [-0.25, -0.2) is 4.98 Å². The molecule has 27 heavy (non-hydrogen) atoms. The van der Waals surface area contributed by atoms with E-state index in [2.05, 4.69) is 13.8 Å². The molecule has 142 valence electrons. The summed E-state index contributed by atoms with van der Waals surface area (Å²) >= 11 is 1.62. The van der Waals surface area contributed by atoms with Gasteiger partial charge in [0.2, 0.25) is 0 Å². The molecule has 0 saturated heterocycles. The van der Waals surface area contributed by atoms with E-state index in [4.69, 9.17) is 14.5 Å². The number of para-hydroxylation sites is 1. The number of hydrogen-bond donors (Lipinski definition) is 0. The van der Waals surface area contributed by atoms with Crippen LogP contribution in [-0.2, 0) is 6.54 Å². The van der Waals surface area contributed by atoms with Crippen LogP contribution in [0.25, 0.3) is 10.9 Å². The normalized spacial score (nSPS) is 11.1. The first-order chi connectivity index (χ1) is 13.0. The Labute approximate surface area is 163 Å². The average Bonchev–Trinajstić information content (AvgIpc) is 2.68. The molecular weight excluding hydrogens is 360 g/mol. The van der Waals surface area contributed by atoms with Gasteiger partial charge < -0.3 is 9.47 Å². The molecule has 2 aromatic carbocycles. The Morgan fingerprint density at radius 3 is 2.52 bits per heavy atom. The van der Waals surface area contributed by atoms with E-state index in [1.165, 1.54) is 0 Å². The SMILES string of the molecule is COc1ccc(Cn2c(SCC(C)C)nc3ccccc3c2=O)cc1OC. The Bertz CT molecular complexity index is 998. The predicted octanol–water partition coefficient (Wildman–Crippen LogP) is 4.21. The van der Waals surface area contributed by atoms with Gasteiger partial charge >= 0.3 is 0 Å². The average molecular weight is 385 g/mol. The van der Waals surface area contributed by atoms with Crippen molar-refractivity contribution in [2.75, 3.05) is 20.0 Å². The van der Waals surface area contributed by atoms with E-state index in [0.717, 1.165) is 22.0 Å². The maximum Gasteiger partial charge on any atom is 0.262 e. The molecule has 0 atom stereocenters. The number of nitrogens with zero attached hydrogens (tertiary/aromatic N) is 2. The Hall–Kier alpha value is -2.47. The number of ether oxygens (including phenoxy) is 2. The molecule has 0 spiro atoms. The highest BCUT2D eigenvalue weighted by Crippen LogP contribution is 2.28. The van der Waals surface area contributed by atoms with Crippen LogP contribution in [0.4, 0.5) is 0 Å². The Morgan fingerprint density at radius 1 is 1.07 bits per heavy atom. The first-order valence-electron chi connectivity index (χ1n) is 8.86. The van der Waals surface area contributed by atoms with E-state index < -0.39 is 0 Å². The van der Waals surface area contributed by atoms with Gasteiger partial charge in [0, 0.05) is 5.75 Å². The van der Waals surface area contributed by atoms with E-state index in [9.17, 15) is 4.79 Å². The van der Waals surface area contributed by atoms with Crippen LogP contribution in [0.1, 0.15) is 19.4 Å². The molecular formula is C21H24N2O3S. The first kappa shape index (κ1) is 19.3. The second kappa shape index (κ2) is 8.48. The molecule has 1 heterocycles. The molecule has 0 amide bonds. The quantitative estimate of drug-likeness (QED) is 0.451. The monoisotopic (exact) mass is 384 g/mol. The van der Waals surface area contributed by atoms with Crippen LogP contribution in [0.2, 0.25) is 0 Å². The minimum absolute atomic E-state index is 0.0263. The first-order valence-corrected chi connectivity index (χ1v) is 9.85. The summed E-state index contributed by atoms with van der Waals surface area (Å²) in [4.78, 5) is 17.9. The van der Waals surface area contributed by atoms with Crippen LogP contribution in [0.3, 0.4) is 0 Å². The summed E-state index contributed by atoms with van der Waals surface area (Å²) < 4.78 is 12.4. The fraction of sp³-hybridized carbons (Fsp3) is 0.333. The van der Waals surface area contributed by atoms with Gasteiger partial charge in [-0.1, -0.05) is 43.8 Å². The Balaban J connectivity index is 2.07. The zero-order valence-electron chi connectivity index (χ0n) is 16.1. The van der Waals surface area contributed by atoms with Crippen molar-refractivity contribution in [2.24, 2.45) is 5.92 Å². The highest BCUT2D eigenvalue weighted by Gasteiger charge is 2.14. The fourth-order valence-electron chi connectivity index (χ4n) is 2.80. The van der Waals surface area contributed by atoms with Crippen molar-refractivity contribution < 1.29 is 9.47 Å². The van der Waals surface area contributed by atoms with Crippen LogP contribution < -0.4 is 15.0 Å². The summed E-state index contributed by atoms with van der Waals surface area (Å²) in [7, 11) is 3.21. The van der Waals surface area contributed by atoms with Gasteiger partial charge in [0.1, 0.15) is 0 Å². The zero-order valence-corrected chi connectivity index (χ0v) is 16.9. The highest BCUT2D eigenvalue weighted by atomic mass is 32.2. The molecule has 0 aliphatic heterocycles. The van der Waals surface area contributed by atoms with Crippen LogP contribution in [0.15, 0.2) is 52.4 Å². The summed E-state index contributed by atoms with van der Waals surface area (Å²) in [6.45, 7) is 4.74. The van der Waals surface area contributed by atoms with E-state index in [-0.39, 0.29) is 5.56 Å². The molecule has 0 aliphatic rings. The second-order valence-corrected chi connectivity index (χ2v) is 7.68. The van der Waals surface area contributed by atoms with E-state index >= 15 is 0 Å². The molecule has 5 nitrogen and oxygen atoms in total. The van der Waals surface area contributed by atoms with Crippen molar-refractivity contribution in [2.45, 2.75) is 25.5 Å². The fourth-order valence-corrected chi connectivity index (χ4v) is 3.75. The van der Waals surface area contributed by atoms with Crippen LogP contribution >= 0.6 is 11.8 Å². The number of methoxy groups -OCH3 is 2. The minimum atomic E-state index is -0.0263. The number of rotatable bonds is 7. The van der Waals surface area contributed by atoms with Crippen molar-refractivity contribution in [3.63, 3.8) is 0 Å². The molecule has 0 aliphatic carbocycles. The van der Waals surface area contributed by atoms with Gasteiger partial charge in [-0.3, -0.25) is 9.36 Å². The molecule has 0 unspecified atom stereocenters. The summed E-state index contributed by atoms with van der Waals surface area (Å²) in [5.74, 6) is 2.72. The Morgan fingerprint density at radius 2 is 1.81 bits per heavy atom. The lowest BCUT2D eigenvalue weighted by Crippen LogP contribution is -2.24. The molecule has 1 aromatic heterocycles. The van der Waals surface area contributed by atoms with Crippen LogP contribution in [0, 0.1) is 5.92 Å². The van der Waals surface area contributed by atoms with Crippen LogP contribution in [-0.4, -0.2) is 29.5 Å². The van der Waals surface area contributed by atoms with E-state index in [0.29, 0.717) is 29.3 Å². The van der Waals surface area contributed by atoms with Crippen molar-refractivity contribution in [3.8, 4) is 11.5 Å². The van der Waals surface area contributed by atoms with E-state index in [1.807, 2.05) is 42.5 Å². The lowest BCUT2D eigenvalue weighted by Gasteiger charge is -2.15. The molecule has 3 aromatic rings. The summed E-state index contributed by atoms with van der Waals surface area (Å²) in [5, 5.41) is 1.37. The van der Waals surface area contributed by atoms with Gasteiger partial charge in [0.15, 0.2) is 16.7 Å².